The summed E-state index contributed by atoms with van der Waals surface area (Å²) in [6, 6.07) is 15.3. The highest BCUT2D eigenvalue weighted by Gasteiger charge is 2.19. The molecule has 1 atom stereocenters. The first kappa shape index (κ1) is 19.0. The second kappa shape index (κ2) is 9.24. The van der Waals surface area contributed by atoms with E-state index in [0.717, 1.165) is 25.4 Å². The molecule has 2 aromatic carbocycles. The Balaban J connectivity index is 1.53. The molecular formula is C22H26N2O3. The summed E-state index contributed by atoms with van der Waals surface area (Å²) >= 11 is 0. The van der Waals surface area contributed by atoms with Crippen LogP contribution in [0.2, 0.25) is 0 Å². The van der Waals surface area contributed by atoms with Crippen molar-refractivity contribution in [3.05, 3.63) is 72.3 Å². The zero-order chi connectivity index (χ0) is 19.1. The summed E-state index contributed by atoms with van der Waals surface area (Å²) in [5.74, 6) is 1.52. The van der Waals surface area contributed by atoms with Gasteiger partial charge in [0.05, 0.1) is 0 Å². The van der Waals surface area contributed by atoms with Gasteiger partial charge in [-0.2, -0.15) is 0 Å². The molecule has 5 nitrogen and oxygen atoms in total. The zero-order valence-electron chi connectivity index (χ0n) is 15.7. The highest BCUT2D eigenvalue weighted by Crippen LogP contribution is 2.24. The van der Waals surface area contributed by atoms with Gasteiger partial charge < -0.3 is 14.8 Å². The highest BCUT2D eigenvalue weighted by atomic mass is 16.5. The third-order valence-corrected chi connectivity index (χ3v) is 4.39. The van der Waals surface area contributed by atoms with E-state index in [1.54, 1.807) is 18.2 Å². The summed E-state index contributed by atoms with van der Waals surface area (Å²) in [7, 11) is 0. The third kappa shape index (κ3) is 5.34. The van der Waals surface area contributed by atoms with Gasteiger partial charge in [-0.15, -0.1) is 0 Å². The van der Waals surface area contributed by atoms with Crippen LogP contribution in [0.5, 0.6) is 11.5 Å². The first-order chi connectivity index (χ1) is 13.2. The third-order valence-electron chi connectivity index (χ3n) is 4.39. The number of carbonyl (C=O) groups is 1. The normalized spacial score (nSPS) is 16.6. The van der Waals surface area contributed by atoms with Gasteiger partial charge in [0.15, 0.2) is 0 Å². The number of hydrogen-bond acceptors (Lipinski definition) is 4. The predicted molar refractivity (Wildman–Crippen MR) is 106 cm³/mol. The Bertz CT molecular complexity index is 791. The number of para-hydroxylation sites is 1. The Kier molecular flexibility index (Phi) is 6.49. The number of nitrogens with zero attached hydrogens (tertiary/aromatic N) is 1. The Hall–Kier alpha value is -2.79. The molecule has 5 heteroatoms. The number of hydrogen-bond donors (Lipinski definition) is 1. The number of rotatable bonds is 7. The minimum Gasteiger partial charge on any atom is -0.490 e. The fourth-order valence-electron chi connectivity index (χ4n) is 3.15. The van der Waals surface area contributed by atoms with Crippen molar-refractivity contribution < 1.29 is 14.3 Å². The van der Waals surface area contributed by atoms with Gasteiger partial charge in [-0.05, 0) is 31.2 Å². The van der Waals surface area contributed by atoms with Gasteiger partial charge in [-0.3, -0.25) is 9.69 Å². The first-order valence-corrected chi connectivity index (χ1v) is 9.24. The van der Waals surface area contributed by atoms with Crippen LogP contribution < -0.4 is 14.8 Å². The van der Waals surface area contributed by atoms with Crippen LogP contribution in [0, 0.1) is 0 Å². The summed E-state index contributed by atoms with van der Waals surface area (Å²) in [4.78, 5) is 14.7. The first-order valence-electron chi connectivity index (χ1n) is 9.24. The van der Waals surface area contributed by atoms with E-state index in [1.165, 1.54) is 5.56 Å². The molecule has 1 amide bonds. The van der Waals surface area contributed by atoms with Gasteiger partial charge in [0.2, 0.25) is 0 Å². The van der Waals surface area contributed by atoms with Crippen LogP contribution in [-0.2, 0) is 6.54 Å². The second-order valence-corrected chi connectivity index (χ2v) is 6.65. The van der Waals surface area contributed by atoms with Gasteiger partial charge in [-0.1, -0.05) is 36.9 Å². The fourth-order valence-corrected chi connectivity index (χ4v) is 3.15. The van der Waals surface area contributed by atoms with Gasteiger partial charge in [0, 0.05) is 37.3 Å². The molecule has 1 aliphatic rings. The van der Waals surface area contributed by atoms with Crippen molar-refractivity contribution in [2.75, 3.05) is 26.2 Å². The van der Waals surface area contributed by atoms with Crippen LogP contribution in [-0.4, -0.2) is 43.2 Å². The highest BCUT2D eigenvalue weighted by molar-refractivity contribution is 5.94. The lowest BCUT2D eigenvalue weighted by Crippen LogP contribution is -2.37. The van der Waals surface area contributed by atoms with Crippen LogP contribution in [0.25, 0.3) is 0 Å². The van der Waals surface area contributed by atoms with Crippen LogP contribution in [0.4, 0.5) is 0 Å². The Morgan fingerprint density at radius 2 is 2.19 bits per heavy atom. The predicted octanol–water partition coefficient (Wildman–Crippen LogP) is 3.26. The minimum atomic E-state index is -0.0985. The fraction of sp³-hybridized carbons (Fsp3) is 0.318. The van der Waals surface area contributed by atoms with Gasteiger partial charge in [0.1, 0.15) is 24.2 Å². The number of amides is 1. The van der Waals surface area contributed by atoms with Gasteiger partial charge >= 0.3 is 0 Å². The number of fused-ring (bicyclic) bond motifs is 1. The Morgan fingerprint density at radius 3 is 3.04 bits per heavy atom. The molecule has 1 heterocycles. The minimum absolute atomic E-state index is 0.0985. The van der Waals surface area contributed by atoms with Crippen molar-refractivity contribution in [3.63, 3.8) is 0 Å². The molecule has 0 radical (unpaired) electrons. The standard InChI is InChI=1S/C22H26N2O3/c1-3-13-26-20-9-6-8-18(14-20)22(25)23-11-12-24-15-17(2)27-21-10-5-4-7-19(21)16-24/h3-10,14,17H,1,11-13,15-16H2,2H3,(H,23,25)/t17-/m1/s1. The molecule has 0 unspecified atom stereocenters. The molecule has 0 aliphatic carbocycles. The largest absolute Gasteiger partial charge is 0.490 e. The maximum atomic E-state index is 12.4. The molecule has 1 aliphatic heterocycles. The van der Waals surface area contributed by atoms with Crippen molar-refractivity contribution >= 4 is 5.91 Å². The molecule has 0 aromatic heterocycles. The van der Waals surface area contributed by atoms with Crippen LogP contribution >= 0.6 is 0 Å². The van der Waals surface area contributed by atoms with E-state index in [4.69, 9.17) is 9.47 Å². The number of benzene rings is 2. The van der Waals surface area contributed by atoms with Crippen molar-refractivity contribution in [1.29, 1.82) is 0 Å². The lowest BCUT2D eigenvalue weighted by molar-refractivity contribution is 0.0944. The van der Waals surface area contributed by atoms with E-state index in [-0.39, 0.29) is 12.0 Å². The monoisotopic (exact) mass is 366 g/mol. The maximum absolute atomic E-state index is 12.4. The van der Waals surface area contributed by atoms with Crippen LogP contribution in [0.15, 0.2) is 61.2 Å². The van der Waals surface area contributed by atoms with Crippen molar-refractivity contribution in [3.8, 4) is 11.5 Å². The van der Waals surface area contributed by atoms with E-state index < -0.39 is 0 Å². The topological polar surface area (TPSA) is 50.8 Å². The number of ether oxygens (including phenoxy) is 2. The summed E-state index contributed by atoms with van der Waals surface area (Å²) in [6.07, 6.45) is 1.79. The van der Waals surface area contributed by atoms with Crippen LogP contribution in [0.3, 0.4) is 0 Å². The van der Waals surface area contributed by atoms with Crippen LogP contribution in [0.1, 0.15) is 22.8 Å². The quantitative estimate of drug-likeness (QED) is 0.764. The average molecular weight is 366 g/mol. The molecule has 0 fully saturated rings. The average Bonchev–Trinajstić information content (AvgIpc) is 2.83. The molecule has 142 valence electrons. The van der Waals surface area contributed by atoms with E-state index in [9.17, 15) is 4.79 Å². The molecule has 1 N–H and O–H groups in total. The molecule has 0 spiro atoms. The molecule has 0 saturated carbocycles. The summed E-state index contributed by atoms with van der Waals surface area (Å²) < 4.78 is 11.5. The van der Waals surface area contributed by atoms with E-state index >= 15 is 0 Å². The molecule has 0 saturated heterocycles. The molecule has 27 heavy (non-hydrogen) atoms. The lowest BCUT2D eigenvalue weighted by Gasteiger charge is -2.21. The van der Waals surface area contributed by atoms with Gasteiger partial charge in [0.25, 0.3) is 5.91 Å². The number of carbonyl (C=O) groups excluding carboxylic acids is 1. The molecular weight excluding hydrogens is 340 g/mol. The van der Waals surface area contributed by atoms with Crippen molar-refractivity contribution in [1.82, 2.24) is 10.2 Å². The maximum Gasteiger partial charge on any atom is 0.251 e. The smallest absolute Gasteiger partial charge is 0.251 e. The van der Waals surface area contributed by atoms with Crippen molar-refractivity contribution in [2.24, 2.45) is 0 Å². The summed E-state index contributed by atoms with van der Waals surface area (Å²) in [6.45, 7) is 9.11. The lowest BCUT2D eigenvalue weighted by atomic mass is 10.2. The second-order valence-electron chi connectivity index (χ2n) is 6.65. The molecule has 3 rings (SSSR count). The Morgan fingerprint density at radius 1 is 1.33 bits per heavy atom. The van der Waals surface area contributed by atoms with E-state index in [0.29, 0.717) is 24.5 Å². The van der Waals surface area contributed by atoms with E-state index in [1.807, 2.05) is 30.3 Å². The number of nitrogens with one attached hydrogen (secondary N) is 1. The molecule has 0 bridgehead atoms. The van der Waals surface area contributed by atoms with Gasteiger partial charge in [-0.25, -0.2) is 0 Å². The summed E-state index contributed by atoms with van der Waals surface area (Å²) in [5.41, 5.74) is 1.77. The van der Waals surface area contributed by atoms with E-state index in [2.05, 4.69) is 29.8 Å². The SMILES string of the molecule is C=CCOc1cccc(C(=O)NCCN2Cc3ccccc3O[C@H](C)C2)c1. The summed E-state index contributed by atoms with van der Waals surface area (Å²) in [5, 5.41) is 2.99. The Labute approximate surface area is 160 Å². The van der Waals surface area contributed by atoms with Crippen molar-refractivity contribution in [2.45, 2.75) is 19.6 Å². The zero-order valence-corrected chi connectivity index (χ0v) is 15.7. The molecule has 2 aromatic rings.